The lowest BCUT2D eigenvalue weighted by Crippen LogP contribution is -2.61. The zero-order valence-electron chi connectivity index (χ0n) is 27.0. The van der Waals surface area contributed by atoms with Gasteiger partial charge in [-0.1, -0.05) is 46.1 Å². The minimum Gasteiger partial charge on any atom is -0.493 e. The molecular weight excluding hydrogens is 548 g/mol. The van der Waals surface area contributed by atoms with E-state index in [9.17, 15) is 14.4 Å². The fraction of sp³-hybridized carbons (Fsp3) is 0.676. The van der Waals surface area contributed by atoms with Crippen LogP contribution in [0.15, 0.2) is 30.0 Å². The van der Waals surface area contributed by atoms with E-state index >= 15 is 0 Å². The number of carbonyl (C=O) groups excluding carboxylic acids is 3. The molecule has 2 amide bonds. The van der Waals surface area contributed by atoms with E-state index < -0.39 is 23.4 Å². The van der Waals surface area contributed by atoms with E-state index in [0.717, 1.165) is 18.4 Å². The maximum absolute atomic E-state index is 14.3. The highest BCUT2D eigenvalue weighted by Crippen LogP contribution is 2.51. The molecule has 1 saturated carbocycles. The van der Waals surface area contributed by atoms with Gasteiger partial charge in [-0.25, -0.2) is 0 Å². The van der Waals surface area contributed by atoms with Gasteiger partial charge < -0.3 is 29.2 Å². The molecule has 0 unspecified atom stereocenters. The third-order valence-electron chi connectivity index (χ3n) is 9.51. The van der Waals surface area contributed by atoms with Gasteiger partial charge in [0.15, 0.2) is 11.5 Å². The summed E-state index contributed by atoms with van der Waals surface area (Å²) in [6, 6.07) is 5.68. The Bertz CT molecular complexity index is 1200. The van der Waals surface area contributed by atoms with Crippen LogP contribution in [-0.4, -0.2) is 69.3 Å². The van der Waals surface area contributed by atoms with Gasteiger partial charge in [-0.15, -0.1) is 0 Å². The molecule has 1 aromatic carbocycles. The van der Waals surface area contributed by atoms with Gasteiger partial charge in [0.1, 0.15) is 5.41 Å². The van der Waals surface area contributed by atoms with E-state index in [0.29, 0.717) is 42.6 Å². The van der Waals surface area contributed by atoms with Gasteiger partial charge in [0.25, 0.3) is 0 Å². The number of benzene rings is 1. The number of nitrogens with zero attached hydrogens (tertiary/aromatic N) is 1. The Kier molecular flexibility index (Phi) is 10.5. The minimum absolute atomic E-state index is 0.0137. The molecule has 2 heterocycles. The van der Waals surface area contributed by atoms with Gasteiger partial charge in [-0.05, 0) is 67.7 Å². The maximum atomic E-state index is 14.3. The summed E-state index contributed by atoms with van der Waals surface area (Å²) in [5.41, 5.74) is 0.0882. The smallest absolute Gasteiger partial charge is 0.320 e. The largest absolute Gasteiger partial charge is 0.493 e. The molecule has 238 valence electrons. The summed E-state index contributed by atoms with van der Waals surface area (Å²) in [6.07, 6.45) is 7.62. The molecule has 1 saturated heterocycles. The summed E-state index contributed by atoms with van der Waals surface area (Å²) < 4.78 is 22.8. The fourth-order valence-corrected chi connectivity index (χ4v) is 6.89. The van der Waals surface area contributed by atoms with Crippen molar-refractivity contribution in [3.63, 3.8) is 0 Å². The van der Waals surface area contributed by atoms with Crippen LogP contribution in [0.2, 0.25) is 0 Å². The van der Waals surface area contributed by atoms with Gasteiger partial charge in [-0.3, -0.25) is 14.4 Å². The predicted octanol–water partition coefficient (Wildman–Crippen LogP) is 5.06. The molecule has 1 N–H and O–H groups in total. The molecule has 3 aliphatic rings. The van der Waals surface area contributed by atoms with Crippen LogP contribution in [-0.2, 0) is 30.3 Å². The molecule has 4 atom stereocenters. The van der Waals surface area contributed by atoms with Crippen molar-refractivity contribution in [2.75, 3.05) is 34.4 Å². The van der Waals surface area contributed by atoms with Gasteiger partial charge in [0, 0.05) is 31.1 Å². The zero-order valence-corrected chi connectivity index (χ0v) is 27.0. The van der Waals surface area contributed by atoms with E-state index in [-0.39, 0.29) is 36.2 Å². The first kappa shape index (κ1) is 32.8. The third kappa shape index (κ3) is 7.03. The highest BCUT2D eigenvalue weighted by molar-refractivity contribution is 5.92. The average Bonchev–Trinajstić information content (AvgIpc) is 2.99. The van der Waals surface area contributed by atoms with Crippen molar-refractivity contribution < 1.29 is 33.3 Å². The van der Waals surface area contributed by atoms with E-state index in [1.807, 2.05) is 31.2 Å². The van der Waals surface area contributed by atoms with E-state index in [4.69, 9.17) is 18.9 Å². The Labute approximate surface area is 256 Å². The Morgan fingerprint density at radius 1 is 1.07 bits per heavy atom. The second kappa shape index (κ2) is 13.7. The van der Waals surface area contributed by atoms with Crippen LogP contribution in [0, 0.1) is 22.7 Å². The number of hydrogen-bond donors (Lipinski definition) is 1. The van der Waals surface area contributed by atoms with Crippen LogP contribution >= 0.6 is 0 Å². The van der Waals surface area contributed by atoms with Crippen molar-refractivity contribution in [3.05, 3.63) is 35.5 Å². The van der Waals surface area contributed by atoms with Crippen molar-refractivity contribution in [1.82, 2.24) is 10.2 Å². The molecule has 0 spiro atoms. The van der Waals surface area contributed by atoms with Crippen molar-refractivity contribution in [3.8, 4) is 11.5 Å². The number of fused-ring (bicyclic) bond motifs is 1. The molecule has 0 aromatic heterocycles. The summed E-state index contributed by atoms with van der Waals surface area (Å²) in [4.78, 5) is 42.9. The first-order chi connectivity index (χ1) is 20.4. The molecule has 9 heteroatoms. The Morgan fingerprint density at radius 2 is 1.77 bits per heavy atom. The number of esters is 1. The van der Waals surface area contributed by atoms with Gasteiger partial charge in [0.2, 0.25) is 11.8 Å². The molecule has 2 fully saturated rings. The molecule has 9 nitrogen and oxygen atoms in total. The van der Waals surface area contributed by atoms with Crippen molar-refractivity contribution in [2.24, 2.45) is 22.7 Å². The van der Waals surface area contributed by atoms with Crippen LogP contribution in [0.1, 0.15) is 78.2 Å². The number of amides is 2. The fourth-order valence-electron chi connectivity index (χ4n) is 6.89. The Hall–Kier alpha value is -3.07. The first-order valence-corrected chi connectivity index (χ1v) is 15.7. The van der Waals surface area contributed by atoms with E-state index in [1.54, 1.807) is 19.1 Å². The van der Waals surface area contributed by atoms with Crippen molar-refractivity contribution >= 4 is 17.8 Å². The number of ether oxygens (including phenoxy) is 4. The molecule has 43 heavy (non-hydrogen) atoms. The number of piperidine rings is 1. The minimum atomic E-state index is -1.21. The second-order valence-corrected chi connectivity index (χ2v) is 13.4. The van der Waals surface area contributed by atoms with Crippen LogP contribution in [0.4, 0.5) is 0 Å². The number of methoxy groups -OCH3 is 3. The molecule has 1 aliphatic carbocycles. The normalized spacial score (nSPS) is 26.3. The molecule has 4 rings (SSSR count). The monoisotopic (exact) mass is 598 g/mol. The highest BCUT2D eigenvalue weighted by Gasteiger charge is 2.60. The summed E-state index contributed by atoms with van der Waals surface area (Å²) in [6.45, 7) is 9.05. The number of carbonyl (C=O) groups is 3. The first-order valence-electron chi connectivity index (χ1n) is 15.7. The number of likely N-dealkylation sites (tertiary alicyclic amines) is 1. The SMILES string of the molecule is COC(=O)[C@]12C[C@H](CC(=O)NCC3CCCCC3)C(=O)N(CCc3ccc(OC)c(OC)c3)C1=C[C@H](C(C)(C)C)O[C@@H]2C. The van der Waals surface area contributed by atoms with E-state index in [2.05, 4.69) is 26.1 Å². The lowest BCUT2D eigenvalue weighted by Gasteiger charge is -2.53. The van der Waals surface area contributed by atoms with Crippen LogP contribution in [0.3, 0.4) is 0 Å². The summed E-state index contributed by atoms with van der Waals surface area (Å²) in [5, 5.41) is 3.08. The zero-order chi connectivity index (χ0) is 31.4. The Morgan fingerprint density at radius 3 is 2.40 bits per heavy atom. The Balaban J connectivity index is 1.66. The van der Waals surface area contributed by atoms with Gasteiger partial charge >= 0.3 is 5.97 Å². The standard InChI is InChI=1S/C34H50N2O7/c1-22-34(32(39)42-7)20-25(18-30(37)35-21-24-11-9-8-10-12-24)31(38)36(28(34)19-29(43-22)33(2,3)4)16-15-23-13-14-26(40-5)27(17-23)41-6/h13-14,17,19,22,24-25,29H,8-12,15-16,18,20-21H2,1-7H3,(H,35,37)/t22-,25+,29-,34+/m1/s1. The lowest BCUT2D eigenvalue weighted by molar-refractivity contribution is -0.180. The molecule has 1 aromatic rings. The lowest BCUT2D eigenvalue weighted by atomic mass is 9.65. The molecule has 0 radical (unpaired) electrons. The quantitative estimate of drug-likeness (QED) is 0.376. The highest BCUT2D eigenvalue weighted by atomic mass is 16.5. The summed E-state index contributed by atoms with van der Waals surface area (Å²) in [7, 11) is 4.55. The maximum Gasteiger partial charge on any atom is 0.320 e. The van der Waals surface area contributed by atoms with Gasteiger partial charge in [-0.2, -0.15) is 0 Å². The van der Waals surface area contributed by atoms with Crippen LogP contribution in [0.25, 0.3) is 0 Å². The molecular formula is C34H50N2O7. The number of rotatable bonds is 10. The topological polar surface area (TPSA) is 103 Å². The van der Waals surface area contributed by atoms with Crippen LogP contribution < -0.4 is 14.8 Å². The van der Waals surface area contributed by atoms with Gasteiger partial charge in [0.05, 0.1) is 33.5 Å². The van der Waals surface area contributed by atoms with Crippen LogP contribution in [0.5, 0.6) is 11.5 Å². The van der Waals surface area contributed by atoms with Crippen molar-refractivity contribution in [2.45, 2.75) is 91.3 Å². The average molecular weight is 599 g/mol. The second-order valence-electron chi connectivity index (χ2n) is 13.4. The number of nitrogens with one attached hydrogen (secondary N) is 1. The molecule has 2 aliphatic heterocycles. The third-order valence-corrected chi connectivity index (χ3v) is 9.51. The number of hydrogen-bond acceptors (Lipinski definition) is 7. The summed E-state index contributed by atoms with van der Waals surface area (Å²) >= 11 is 0. The molecule has 0 bridgehead atoms. The predicted molar refractivity (Wildman–Crippen MR) is 164 cm³/mol. The van der Waals surface area contributed by atoms with Crippen molar-refractivity contribution in [1.29, 1.82) is 0 Å². The van der Waals surface area contributed by atoms with E-state index in [1.165, 1.54) is 26.4 Å². The summed E-state index contributed by atoms with van der Waals surface area (Å²) in [5.74, 6) is 0.259.